The number of nitrogens with zero attached hydrogens (tertiary/aromatic N) is 4. The highest BCUT2D eigenvalue weighted by atomic mass is 79.9. The van der Waals surface area contributed by atoms with E-state index in [9.17, 15) is 10.2 Å². The number of hydrogen-bond acceptors (Lipinski definition) is 7. The number of aliphatic hydroxyl groups excluding tert-OH is 1. The molecule has 0 aliphatic heterocycles. The second kappa shape index (κ2) is 7.40. The molecule has 0 spiro atoms. The van der Waals surface area contributed by atoms with E-state index in [1.807, 2.05) is 25.1 Å². The van der Waals surface area contributed by atoms with Crippen LogP contribution in [0, 0.1) is 5.41 Å². The Morgan fingerprint density at radius 2 is 1.97 bits per heavy atom. The Morgan fingerprint density at radius 1 is 1.16 bits per heavy atom. The van der Waals surface area contributed by atoms with Crippen molar-refractivity contribution in [1.82, 2.24) is 19.5 Å². The van der Waals surface area contributed by atoms with Crippen LogP contribution in [0.2, 0.25) is 0 Å². The SMILES string of the molecule is C[C@]1(CCc2ccc3cc(Br)c(N)nc3c2)CC[C@](O)(n2ccc3c(N)ncnc32)[C@@H]1O. The molecule has 0 amide bonds. The molecule has 3 heterocycles. The number of pyridine rings is 1. The van der Waals surface area contributed by atoms with Crippen LogP contribution in [0.15, 0.2) is 47.3 Å². The van der Waals surface area contributed by atoms with Crippen molar-refractivity contribution < 1.29 is 10.2 Å². The van der Waals surface area contributed by atoms with Gasteiger partial charge in [-0.2, -0.15) is 0 Å². The first-order valence-corrected chi connectivity index (χ1v) is 11.3. The number of aliphatic hydroxyl groups is 2. The quantitative estimate of drug-likeness (QED) is 0.340. The summed E-state index contributed by atoms with van der Waals surface area (Å²) in [5.41, 5.74) is 12.4. The summed E-state index contributed by atoms with van der Waals surface area (Å²) in [4.78, 5) is 12.8. The van der Waals surface area contributed by atoms with E-state index in [2.05, 4.69) is 36.9 Å². The molecule has 5 rings (SSSR count). The molecule has 9 heteroatoms. The molecule has 0 unspecified atom stereocenters. The lowest BCUT2D eigenvalue weighted by Gasteiger charge is -2.36. The van der Waals surface area contributed by atoms with Gasteiger partial charge in [-0.25, -0.2) is 15.0 Å². The largest absolute Gasteiger partial charge is 0.388 e. The maximum Gasteiger partial charge on any atom is 0.169 e. The second-order valence-electron chi connectivity index (χ2n) is 9.00. The molecule has 1 fully saturated rings. The first-order valence-electron chi connectivity index (χ1n) is 10.5. The van der Waals surface area contributed by atoms with Crippen molar-refractivity contribution in [3.8, 4) is 0 Å². The fourth-order valence-electron chi connectivity index (χ4n) is 4.89. The van der Waals surface area contributed by atoms with Crippen molar-refractivity contribution in [1.29, 1.82) is 0 Å². The highest BCUT2D eigenvalue weighted by Crippen LogP contribution is 2.50. The van der Waals surface area contributed by atoms with Crippen LogP contribution in [0.4, 0.5) is 11.6 Å². The van der Waals surface area contributed by atoms with Gasteiger partial charge in [0.15, 0.2) is 5.72 Å². The summed E-state index contributed by atoms with van der Waals surface area (Å²) in [6.07, 6.45) is 4.69. The number of rotatable bonds is 4. The minimum Gasteiger partial charge on any atom is -0.388 e. The molecule has 3 atom stereocenters. The summed E-state index contributed by atoms with van der Waals surface area (Å²) in [5, 5.41) is 24.5. The Labute approximate surface area is 193 Å². The van der Waals surface area contributed by atoms with Crippen LogP contribution in [0.25, 0.3) is 21.9 Å². The van der Waals surface area contributed by atoms with Crippen LogP contribution < -0.4 is 11.5 Å². The average Bonchev–Trinajstić information content (AvgIpc) is 3.31. The number of fused-ring (bicyclic) bond motifs is 2. The van der Waals surface area contributed by atoms with Crippen LogP contribution >= 0.6 is 15.9 Å². The van der Waals surface area contributed by atoms with Crippen molar-refractivity contribution in [2.24, 2.45) is 5.41 Å². The van der Waals surface area contributed by atoms with E-state index in [1.165, 1.54) is 6.33 Å². The Bertz CT molecular complexity index is 1340. The van der Waals surface area contributed by atoms with Gasteiger partial charge in [-0.05, 0) is 70.8 Å². The van der Waals surface area contributed by atoms with Crippen LogP contribution in [-0.2, 0) is 12.1 Å². The zero-order valence-electron chi connectivity index (χ0n) is 17.7. The summed E-state index contributed by atoms with van der Waals surface area (Å²) in [6.45, 7) is 2.03. The van der Waals surface area contributed by atoms with Crippen LogP contribution in [-0.4, -0.2) is 35.8 Å². The molecule has 1 saturated carbocycles. The predicted molar refractivity (Wildman–Crippen MR) is 128 cm³/mol. The van der Waals surface area contributed by atoms with E-state index >= 15 is 0 Å². The molecule has 1 aromatic carbocycles. The van der Waals surface area contributed by atoms with Crippen molar-refractivity contribution in [2.45, 2.75) is 44.4 Å². The Kier molecular flexibility index (Phi) is 4.88. The number of anilines is 2. The van der Waals surface area contributed by atoms with E-state index in [0.717, 1.165) is 27.4 Å². The summed E-state index contributed by atoms with van der Waals surface area (Å²) >= 11 is 3.41. The highest BCUT2D eigenvalue weighted by molar-refractivity contribution is 9.10. The smallest absolute Gasteiger partial charge is 0.169 e. The summed E-state index contributed by atoms with van der Waals surface area (Å²) < 4.78 is 2.42. The molecule has 32 heavy (non-hydrogen) atoms. The zero-order chi connectivity index (χ0) is 22.7. The molecule has 3 aromatic heterocycles. The van der Waals surface area contributed by atoms with Gasteiger partial charge < -0.3 is 26.2 Å². The lowest BCUT2D eigenvalue weighted by Crippen LogP contribution is -2.46. The molecule has 4 aromatic rings. The van der Waals surface area contributed by atoms with Crippen molar-refractivity contribution in [3.05, 3.63) is 52.9 Å². The average molecular weight is 497 g/mol. The molecule has 0 bridgehead atoms. The van der Waals surface area contributed by atoms with Gasteiger partial charge >= 0.3 is 0 Å². The third-order valence-electron chi connectivity index (χ3n) is 6.94. The van der Waals surface area contributed by atoms with E-state index in [1.54, 1.807) is 16.8 Å². The lowest BCUT2D eigenvalue weighted by atomic mass is 9.79. The fraction of sp³-hybridized carbons (Fsp3) is 0.348. The number of halogens is 1. The molecule has 1 aliphatic carbocycles. The Morgan fingerprint density at radius 3 is 2.78 bits per heavy atom. The summed E-state index contributed by atoms with van der Waals surface area (Å²) in [5.74, 6) is 0.812. The van der Waals surface area contributed by atoms with E-state index in [4.69, 9.17) is 11.5 Å². The van der Waals surface area contributed by atoms with Gasteiger partial charge in [-0.3, -0.25) is 0 Å². The lowest BCUT2D eigenvalue weighted by molar-refractivity contribution is -0.140. The third kappa shape index (κ3) is 3.23. The van der Waals surface area contributed by atoms with Crippen LogP contribution in [0.5, 0.6) is 0 Å². The van der Waals surface area contributed by atoms with Crippen molar-refractivity contribution in [2.75, 3.05) is 11.5 Å². The molecular formula is C23H25BrN6O2. The molecule has 166 valence electrons. The van der Waals surface area contributed by atoms with Crippen molar-refractivity contribution in [3.63, 3.8) is 0 Å². The number of nitrogens with two attached hydrogens (primary N) is 2. The zero-order valence-corrected chi connectivity index (χ0v) is 19.2. The standard InChI is InChI=1S/C23H25BrN6O2/c1-22(6-4-13-2-3-14-11-16(24)19(26)29-17(14)10-13)7-8-23(32,21(22)31)30-9-5-15-18(25)27-12-28-20(15)30/h2-3,5,9-12,21,31-32H,4,6-8H2,1H3,(H2,26,29)(H2,25,27,28)/t21-,22+,23-/m1/s1. The van der Waals surface area contributed by atoms with E-state index in [0.29, 0.717) is 41.9 Å². The minimum atomic E-state index is -1.46. The Hall–Kier alpha value is -2.75. The van der Waals surface area contributed by atoms with Gasteiger partial charge in [-0.15, -0.1) is 0 Å². The number of nitrogen functional groups attached to an aromatic ring is 2. The maximum atomic E-state index is 11.5. The maximum absolute atomic E-state index is 11.5. The summed E-state index contributed by atoms with van der Waals surface area (Å²) in [6, 6.07) is 9.87. The normalized spacial score (nSPS) is 25.7. The number of aryl methyl sites for hydroxylation is 1. The monoisotopic (exact) mass is 496 g/mol. The molecular weight excluding hydrogens is 472 g/mol. The second-order valence-corrected chi connectivity index (χ2v) is 9.85. The van der Waals surface area contributed by atoms with Gasteiger partial charge in [0.25, 0.3) is 0 Å². The van der Waals surface area contributed by atoms with Gasteiger partial charge in [0, 0.05) is 11.6 Å². The van der Waals surface area contributed by atoms with E-state index in [-0.39, 0.29) is 0 Å². The Balaban J connectivity index is 1.39. The van der Waals surface area contributed by atoms with Gasteiger partial charge in [0.2, 0.25) is 0 Å². The molecule has 0 saturated heterocycles. The van der Waals surface area contributed by atoms with Crippen molar-refractivity contribution >= 4 is 49.5 Å². The fourth-order valence-corrected chi connectivity index (χ4v) is 5.22. The molecule has 8 nitrogen and oxygen atoms in total. The van der Waals surface area contributed by atoms with Gasteiger partial charge in [0.1, 0.15) is 29.7 Å². The first kappa shape index (κ1) is 21.1. The van der Waals surface area contributed by atoms with Gasteiger partial charge in [0.05, 0.1) is 15.4 Å². The molecule has 0 radical (unpaired) electrons. The predicted octanol–water partition coefficient (Wildman–Crippen LogP) is 3.35. The van der Waals surface area contributed by atoms with Gasteiger partial charge in [-0.1, -0.05) is 19.1 Å². The van der Waals surface area contributed by atoms with E-state index < -0.39 is 17.2 Å². The molecule has 1 aliphatic rings. The summed E-state index contributed by atoms with van der Waals surface area (Å²) in [7, 11) is 0. The molecule has 6 N–H and O–H groups in total. The first-order chi connectivity index (χ1) is 15.2. The van der Waals surface area contributed by atoms with Crippen LogP contribution in [0.3, 0.4) is 0 Å². The third-order valence-corrected chi connectivity index (χ3v) is 7.57. The topological polar surface area (TPSA) is 136 Å². The van der Waals surface area contributed by atoms with Crippen LogP contribution in [0.1, 0.15) is 31.7 Å². The minimum absolute atomic E-state index is 0.352. The number of aromatic nitrogens is 4. The number of benzene rings is 1. The number of hydrogen-bond donors (Lipinski definition) is 4. The highest BCUT2D eigenvalue weighted by Gasteiger charge is 2.54.